The predicted molar refractivity (Wildman–Crippen MR) is 83.4 cm³/mol. The Labute approximate surface area is 130 Å². The van der Waals surface area contributed by atoms with Crippen molar-refractivity contribution in [1.29, 1.82) is 0 Å². The van der Waals surface area contributed by atoms with Gasteiger partial charge in [0.05, 0.1) is 0 Å². The number of benzene rings is 1. The highest BCUT2D eigenvalue weighted by Gasteiger charge is 2.26. The van der Waals surface area contributed by atoms with Gasteiger partial charge in [-0.15, -0.1) is 0 Å². The highest BCUT2D eigenvalue weighted by Crippen LogP contribution is 2.26. The highest BCUT2D eigenvalue weighted by atomic mass is 35.5. The Bertz CT molecular complexity index is 632. The summed E-state index contributed by atoms with van der Waals surface area (Å²) in [6.45, 7) is 8.23. The van der Waals surface area contributed by atoms with E-state index in [1.165, 1.54) is 13.1 Å². The van der Waals surface area contributed by atoms with Crippen LogP contribution < -0.4 is 5.32 Å². The quantitative estimate of drug-likeness (QED) is 0.780. The van der Waals surface area contributed by atoms with E-state index in [9.17, 15) is 12.8 Å². The zero-order valence-corrected chi connectivity index (χ0v) is 14.0. The number of likely N-dealkylation sites (N-methyl/N-ethyl adjacent to an activating group) is 1. The first kappa shape index (κ1) is 18.1. The summed E-state index contributed by atoms with van der Waals surface area (Å²) in [5.74, 6) is -0.770. The summed E-state index contributed by atoms with van der Waals surface area (Å²) in [6, 6.07) is 2.56. The zero-order chi connectivity index (χ0) is 16.2. The molecule has 0 saturated heterocycles. The van der Waals surface area contributed by atoms with E-state index in [1.54, 1.807) is 6.92 Å². The summed E-state index contributed by atoms with van der Waals surface area (Å²) >= 11 is 5.92. The molecule has 0 heterocycles. The van der Waals surface area contributed by atoms with Gasteiger partial charge in [0.25, 0.3) is 0 Å². The normalized spacial score (nSPS) is 11.9. The van der Waals surface area contributed by atoms with E-state index in [2.05, 4.69) is 11.9 Å². The first-order valence-corrected chi connectivity index (χ1v) is 8.31. The van der Waals surface area contributed by atoms with Gasteiger partial charge in [-0.2, -0.15) is 4.31 Å². The van der Waals surface area contributed by atoms with Crippen LogP contribution in [0.1, 0.15) is 19.4 Å². The van der Waals surface area contributed by atoms with Crippen molar-refractivity contribution >= 4 is 21.6 Å². The van der Waals surface area contributed by atoms with Gasteiger partial charge in [0, 0.05) is 30.7 Å². The fourth-order valence-corrected chi connectivity index (χ4v) is 3.49. The van der Waals surface area contributed by atoms with Crippen LogP contribution >= 0.6 is 11.6 Å². The second-order valence-electron chi connectivity index (χ2n) is 4.88. The van der Waals surface area contributed by atoms with Crippen molar-refractivity contribution < 1.29 is 12.8 Å². The second-order valence-corrected chi connectivity index (χ2v) is 7.33. The van der Waals surface area contributed by atoms with Crippen molar-refractivity contribution in [2.24, 2.45) is 0 Å². The molecule has 1 N–H and O–H groups in total. The van der Waals surface area contributed by atoms with Gasteiger partial charge in [-0.3, -0.25) is 0 Å². The number of hydrogen-bond donors (Lipinski definition) is 1. The maximum atomic E-state index is 14.4. The SMILES string of the molecule is C=C(C)CN(C)S(=O)(=O)c1cc(Cl)cc(CNCC)c1F. The van der Waals surface area contributed by atoms with E-state index in [-0.39, 0.29) is 23.7 Å². The van der Waals surface area contributed by atoms with Gasteiger partial charge in [-0.05, 0) is 25.6 Å². The molecule has 1 aromatic carbocycles. The Balaban J connectivity index is 3.28. The van der Waals surface area contributed by atoms with Gasteiger partial charge in [0.1, 0.15) is 10.7 Å². The first-order valence-electron chi connectivity index (χ1n) is 6.49. The maximum absolute atomic E-state index is 14.4. The Morgan fingerprint density at radius 1 is 1.48 bits per heavy atom. The molecular weight excluding hydrogens is 315 g/mol. The lowest BCUT2D eigenvalue weighted by atomic mass is 10.2. The Kier molecular flexibility index (Phi) is 6.34. The molecule has 0 amide bonds. The molecule has 0 atom stereocenters. The van der Waals surface area contributed by atoms with Crippen LogP contribution in [0.3, 0.4) is 0 Å². The molecule has 0 aliphatic rings. The molecule has 1 aromatic rings. The van der Waals surface area contributed by atoms with E-state index in [1.807, 2.05) is 6.92 Å². The van der Waals surface area contributed by atoms with E-state index in [0.29, 0.717) is 12.1 Å². The maximum Gasteiger partial charge on any atom is 0.246 e. The van der Waals surface area contributed by atoms with Gasteiger partial charge in [0.2, 0.25) is 10.0 Å². The fraction of sp³-hybridized carbons (Fsp3) is 0.429. The monoisotopic (exact) mass is 334 g/mol. The summed E-state index contributed by atoms with van der Waals surface area (Å²) in [6.07, 6.45) is 0. The van der Waals surface area contributed by atoms with Crippen LogP contribution in [0.5, 0.6) is 0 Å². The molecule has 0 unspecified atom stereocenters. The van der Waals surface area contributed by atoms with Crippen LogP contribution in [0.25, 0.3) is 0 Å². The van der Waals surface area contributed by atoms with Gasteiger partial charge in [-0.1, -0.05) is 30.7 Å². The van der Waals surface area contributed by atoms with Gasteiger partial charge in [0.15, 0.2) is 0 Å². The molecule has 0 aliphatic carbocycles. The molecule has 1 rings (SSSR count). The minimum absolute atomic E-state index is 0.122. The molecule has 0 spiro atoms. The van der Waals surface area contributed by atoms with Crippen LogP contribution in [-0.2, 0) is 16.6 Å². The zero-order valence-electron chi connectivity index (χ0n) is 12.4. The molecule has 0 radical (unpaired) electrons. The lowest BCUT2D eigenvalue weighted by Gasteiger charge is -2.19. The highest BCUT2D eigenvalue weighted by molar-refractivity contribution is 7.89. The van der Waals surface area contributed by atoms with Crippen LogP contribution in [0, 0.1) is 5.82 Å². The third-order valence-corrected chi connectivity index (χ3v) is 4.85. The van der Waals surface area contributed by atoms with E-state index in [4.69, 9.17) is 11.6 Å². The third-order valence-electron chi connectivity index (χ3n) is 2.83. The third kappa shape index (κ3) is 4.51. The molecule has 0 bridgehead atoms. The van der Waals surface area contributed by atoms with Gasteiger partial charge in [-0.25, -0.2) is 12.8 Å². The summed E-state index contributed by atoms with van der Waals surface area (Å²) < 4.78 is 40.4. The smallest absolute Gasteiger partial charge is 0.246 e. The Morgan fingerprint density at radius 3 is 2.62 bits per heavy atom. The van der Waals surface area contributed by atoms with E-state index < -0.39 is 20.7 Å². The lowest BCUT2D eigenvalue weighted by Crippen LogP contribution is -2.29. The van der Waals surface area contributed by atoms with Crippen molar-refractivity contribution in [3.05, 3.63) is 40.7 Å². The number of sulfonamides is 1. The van der Waals surface area contributed by atoms with Crippen LogP contribution in [0.15, 0.2) is 29.2 Å². The van der Waals surface area contributed by atoms with Crippen molar-refractivity contribution in [2.75, 3.05) is 20.1 Å². The first-order chi connectivity index (χ1) is 9.70. The predicted octanol–water partition coefficient (Wildman–Crippen LogP) is 2.79. The number of nitrogens with one attached hydrogen (secondary N) is 1. The summed E-state index contributed by atoms with van der Waals surface area (Å²) in [4.78, 5) is -0.411. The van der Waals surface area contributed by atoms with E-state index in [0.717, 1.165) is 10.4 Å². The van der Waals surface area contributed by atoms with E-state index >= 15 is 0 Å². The van der Waals surface area contributed by atoms with Gasteiger partial charge >= 0.3 is 0 Å². The summed E-state index contributed by atoms with van der Waals surface area (Å²) in [5, 5.41) is 3.14. The minimum Gasteiger partial charge on any atom is -0.313 e. The Hall–Kier alpha value is -0.950. The number of halogens is 2. The molecule has 0 saturated carbocycles. The molecule has 21 heavy (non-hydrogen) atoms. The topological polar surface area (TPSA) is 49.4 Å². The van der Waals surface area contributed by atoms with Gasteiger partial charge < -0.3 is 5.32 Å². The molecule has 4 nitrogen and oxygen atoms in total. The van der Waals surface area contributed by atoms with Crippen molar-refractivity contribution in [2.45, 2.75) is 25.3 Å². The molecule has 0 fully saturated rings. The largest absolute Gasteiger partial charge is 0.313 e. The molecular formula is C14H20ClFN2O2S. The molecule has 0 aliphatic heterocycles. The summed E-state index contributed by atoms with van der Waals surface area (Å²) in [5.41, 5.74) is 0.892. The number of rotatable bonds is 7. The minimum atomic E-state index is -3.95. The lowest BCUT2D eigenvalue weighted by molar-refractivity contribution is 0.481. The summed E-state index contributed by atoms with van der Waals surface area (Å²) in [7, 11) is -2.57. The molecule has 7 heteroatoms. The number of nitrogens with zero attached hydrogens (tertiary/aromatic N) is 1. The second kappa shape index (κ2) is 7.35. The average molecular weight is 335 g/mol. The van der Waals surface area contributed by atoms with Crippen LogP contribution in [-0.4, -0.2) is 32.9 Å². The van der Waals surface area contributed by atoms with Crippen molar-refractivity contribution in [3.63, 3.8) is 0 Å². The Morgan fingerprint density at radius 2 is 2.10 bits per heavy atom. The van der Waals surface area contributed by atoms with Crippen LogP contribution in [0.2, 0.25) is 5.02 Å². The number of hydrogen-bond acceptors (Lipinski definition) is 3. The standard InChI is InChI=1S/C14H20ClFN2O2S/c1-5-17-8-11-6-12(15)7-13(14(11)16)21(19,20)18(4)9-10(2)3/h6-7,17H,2,5,8-9H2,1,3-4H3. The van der Waals surface area contributed by atoms with Crippen molar-refractivity contribution in [1.82, 2.24) is 9.62 Å². The average Bonchev–Trinajstić information content (AvgIpc) is 2.38. The fourth-order valence-electron chi connectivity index (χ4n) is 1.83. The van der Waals surface area contributed by atoms with Crippen molar-refractivity contribution in [3.8, 4) is 0 Å². The molecule has 0 aromatic heterocycles. The van der Waals surface area contributed by atoms with Crippen LogP contribution in [0.4, 0.5) is 4.39 Å². The molecule has 118 valence electrons.